The summed E-state index contributed by atoms with van der Waals surface area (Å²) in [6, 6.07) is 12.0. The summed E-state index contributed by atoms with van der Waals surface area (Å²) in [4.78, 5) is 22.4. The summed E-state index contributed by atoms with van der Waals surface area (Å²) in [5, 5.41) is 2.47. The molecule has 0 aliphatic heterocycles. The van der Waals surface area contributed by atoms with Crippen LogP contribution in [0.1, 0.15) is 5.56 Å². The molecule has 0 unspecified atom stereocenters. The van der Waals surface area contributed by atoms with E-state index in [1.807, 2.05) is 30.3 Å². The molecule has 1 N–H and O–H groups in total. The Balaban J connectivity index is 2.36. The quantitative estimate of drug-likeness (QED) is 0.774. The molecule has 1 aromatic heterocycles. The van der Waals surface area contributed by atoms with Gasteiger partial charge < -0.3 is 0 Å². The maximum absolute atomic E-state index is 11.4. The number of rotatable bonds is 2. The van der Waals surface area contributed by atoms with Crippen molar-refractivity contribution in [2.24, 2.45) is 0 Å². The van der Waals surface area contributed by atoms with Gasteiger partial charge in [0.2, 0.25) is 0 Å². The Bertz CT molecular complexity index is 555. The number of hydrogen-bond donors (Lipinski definition) is 1. The van der Waals surface area contributed by atoms with Gasteiger partial charge in [-0.2, -0.15) is 0 Å². The van der Waals surface area contributed by atoms with Crippen molar-refractivity contribution in [2.45, 2.75) is 6.54 Å². The first kappa shape index (κ1) is 9.45. The predicted molar refractivity (Wildman–Crippen MR) is 56.9 cm³/mol. The van der Waals surface area contributed by atoms with Crippen molar-refractivity contribution >= 4 is 0 Å². The van der Waals surface area contributed by atoms with Crippen molar-refractivity contribution in [3.8, 4) is 0 Å². The first-order valence-corrected chi connectivity index (χ1v) is 4.60. The van der Waals surface area contributed by atoms with Gasteiger partial charge >= 0.3 is 0 Å². The summed E-state index contributed by atoms with van der Waals surface area (Å²) in [7, 11) is 0. The minimum absolute atomic E-state index is 0.210. The van der Waals surface area contributed by atoms with Crippen molar-refractivity contribution < 1.29 is 0 Å². The monoisotopic (exact) mass is 202 g/mol. The summed E-state index contributed by atoms with van der Waals surface area (Å²) in [5.74, 6) is 0. The largest absolute Gasteiger partial charge is 0.268 e. The fourth-order valence-corrected chi connectivity index (χ4v) is 1.35. The molecule has 15 heavy (non-hydrogen) atoms. The van der Waals surface area contributed by atoms with Gasteiger partial charge in [-0.3, -0.25) is 14.7 Å². The second-order valence-corrected chi connectivity index (χ2v) is 3.22. The number of hydrogen-bond acceptors (Lipinski definition) is 2. The van der Waals surface area contributed by atoms with Gasteiger partial charge in [0, 0.05) is 12.1 Å². The molecule has 76 valence electrons. The van der Waals surface area contributed by atoms with E-state index in [1.165, 1.54) is 16.8 Å². The van der Waals surface area contributed by atoms with Crippen LogP contribution in [0.3, 0.4) is 0 Å². The Labute approximate surface area is 85.8 Å². The normalized spacial score (nSPS) is 10.1. The zero-order valence-corrected chi connectivity index (χ0v) is 8.01. The van der Waals surface area contributed by atoms with Crippen molar-refractivity contribution in [3.05, 3.63) is 68.7 Å². The Kier molecular flexibility index (Phi) is 2.49. The van der Waals surface area contributed by atoms with E-state index < -0.39 is 0 Å². The lowest BCUT2D eigenvalue weighted by molar-refractivity contribution is 0.627. The molecule has 0 saturated carbocycles. The summed E-state index contributed by atoms with van der Waals surface area (Å²) >= 11 is 0. The minimum Gasteiger partial charge on any atom is -0.268 e. The fourth-order valence-electron chi connectivity index (χ4n) is 1.35. The van der Waals surface area contributed by atoms with Gasteiger partial charge in [0.05, 0.1) is 6.54 Å². The molecule has 0 fully saturated rings. The summed E-state index contributed by atoms with van der Waals surface area (Å²) in [5.41, 5.74) is 0.491. The summed E-state index contributed by atoms with van der Waals surface area (Å²) in [6.07, 6.45) is 0. The average molecular weight is 202 g/mol. The van der Waals surface area contributed by atoms with Crippen LogP contribution < -0.4 is 11.1 Å². The zero-order chi connectivity index (χ0) is 10.7. The first-order valence-electron chi connectivity index (χ1n) is 4.60. The van der Waals surface area contributed by atoms with E-state index in [4.69, 9.17) is 0 Å². The molecule has 4 heteroatoms. The molecule has 2 rings (SSSR count). The lowest BCUT2D eigenvalue weighted by atomic mass is 10.2. The molecule has 0 atom stereocenters. The lowest BCUT2D eigenvalue weighted by Crippen LogP contribution is -2.28. The maximum atomic E-state index is 11.4. The Hall–Kier alpha value is -2.10. The number of benzene rings is 1. The maximum Gasteiger partial charge on any atom is 0.265 e. The number of aromatic amines is 1. The smallest absolute Gasteiger partial charge is 0.265 e. The van der Waals surface area contributed by atoms with Crippen LogP contribution in [0.15, 0.2) is 52.1 Å². The highest BCUT2D eigenvalue weighted by Crippen LogP contribution is 1.98. The number of nitrogens with one attached hydrogen (secondary N) is 1. The van der Waals surface area contributed by atoms with Gasteiger partial charge in [-0.1, -0.05) is 30.3 Å². The SMILES string of the molecule is O=c1ccc(=O)n(Cc2ccccc2)[nH]1. The van der Waals surface area contributed by atoms with Crippen molar-refractivity contribution in [2.75, 3.05) is 0 Å². The molecule has 4 nitrogen and oxygen atoms in total. The molecular formula is C11H10N2O2. The molecule has 0 aliphatic rings. The van der Waals surface area contributed by atoms with Crippen molar-refractivity contribution in [1.82, 2.24) is 9.78 Å². The van der Waals surface area contributed by atoms with Crippen molar-refractivity contribution in [3.63, 3.8) is 0 Å². The number of nitrogens with zero attached hydrogens (tertiary/aromatic N) is 1. The van der Waals surface area contributed by atoms with E-state index in [0.717, 1.165) is 5.56 Å². The Morgan fingerprint density at radius 3 is 2.47 bits per heavy atom. The summed E-state index contributed by atoms with van der Waals surface area (Å²) in [6.45, 7) is 0.385. The van der Waals surface area contributed by atoms with Crippen LogP contribution in [0.4, 0.5) is 0 Å². The lowest BCUT2D eigenvalue weighted by Gasteiger charge is -2.03. The third-order valence-electron chi connectivity index (χ3n) is 2.07. The molecule has 0 amide bonds. The van der Waals surface area contributed by atoms with E-state index in [1.54, 1.807) is 0 Å². The molecule has 0 bridgehead atoms. The highest BCUT2D eigenvalue weighted by atomic mass is 16.1. The molecule has 1 heterocycles. The van der Waals surface area contributed by atoms with Crippen LogP contribution in [-0.4, -0.2) is 9.78 Å². The van der Waals surface area contributed by atoms with Crippen LogP contribution >= 0.6 is 0 Å². The molecule has 2 aromatic rings. The van der Waals surface area contributed by atoms with E-state index in [-0.39, 0.29) is 11.1 Å². The third kappa shape index (κ3) is 2.22. The van der Waals surface area contributed by atoms with E-state index in [9.17, 15) is 9.59 Å². The molecule has 0 aliphatic carbocycles. The van der Waals surface area contributed by atoms with Crippen molar-refractivity contribution in [1.29, 1.82) is 0 Å². The topological polar surface area (TPSA) is 54.9 Å². The van der Waals surface area contributed by atoms with Crippen LogP contribution in [0.2, 0.25) is 0 Å². The number of H-pyrrole nitrogens is 1. The van der Waals surface area contributed by atoms with Gasteiger partial charge in [0.1, 0.15) is 0 Å². The first-order chi connectivity index (χ1) is 7.25. The van der Waals surface area contributed by atoms with Crippen LogP contribution in [-0.2, 0) is 6.54 Å². The molecule has 0 saturated heterocycles. The van der Waals surface area contributed by atoms with Gasteiger partial charge in [-0.15, -0.1) is 0 Å². The molecular weight excluding hydrogens is 192 g/mol. The van der Waals surface area contributed by atoms with Gasteiger partial charge in [0.25, 0.3) is 11.1 Å². The van der Waals surface area contributed by atoms with E-state index in [0.29, 0.717) is 6.54 Å². The second kappa shape index (κ2) is 3.96. The Morgan fingerprint density at radius 1 is 1.00 bits per heavy atom. The molecule has 0 spiro atoms. The van der Waals surface area contributed by atoms with E-state index >= 15 is 0 Å². The average Bonchev–Trinajstić information content (AvgIpc) is 2.25. The van der Waals surface area contributed by atoms with Gasteiger partial charge in [-0.25, -0.2) is 4.68 Å². The predicted octanol–water partition coefficient (Wildman–Crippen LogP) is 0.585. The highest BCUT2D eigenvalue weighted by Gasteiger charge is 1.97. The van der Waals surface area contributed by atoms with Crippen LogP contribution in [0, 0.1) is 0 Å². The van der Waals surface area contributed by atoms with Gasteiger partial charge in [0.15, 0.2) is 0 Å². The van der Waals surface area contributed by atoms with E-state index in [2.05, 4.69) is 5.10 Å². The van der Waals surface area contributed by atoms with Crippen LogP contribution in [0.5, 0.6) is 0 Å². The number of aromatic nitrogens is 2. The zero-order valence-electron chi connectivity index (χ0n) is 8.01. The molecule has 1 aromatic carbocycles. The summed E-state index contributed by atoms with van der Waals surface area (Å²) < 4.78 is 1.29. The minimum atomic E-state index is -0.273. The highest BCUT2D eigenvalue weighted by molar-refractivity contribution is 5.14. The fraction of sp³-hybridized carbons (Fsp3) is 0.0909. The van der Waals surface area contributed by atoms with Crippen LogP contribution in [0.25, 0.3) is 0 Å². The Morgan fingerprint density at radius 2 is 1.73 bits per heavy atom. The third-order valence-corrected chi connectivity index (χ3v) is 2.07. The standard InChI is InChI=1S/C11H10N2O2/c14-10-6-7-11(15)13(12-10)8-9-4-2-1-3-5-9/h1-7H,8H2,(H,12,14). The second-order valence-electron chi connectivity index (χ2n) is 3.22. The van der Waals surface area contributed by atoms with Gasteiger partial charge in [-0.05, 0) is 5.56 Å². The molecule has 0 radical (unpaired) electrons.